The number of rotatable bonds is 8. The second-order valence-electron chi connectivity index (χ2n) is 14.5. The first kappa shape index (κ1) is 33.5. The molecule has 1 aliphatic carbocycles. The summed E-state index contributed by atoms with van der Waals surface area (Å²) in [6.45, 7) is 0.182. The molecule has 4 aromatic rings. The highest BCUT2D eigenvalue weighted by Crippen LogP contribution is 2.39. The van der Waals surface area contributed by atoms with E-state index in [0.717, 1.165) is 66.2 Å². The molecule has 4 fully saturated rings. The first-order valence-electron chi connectivity index (χ1n) is 18.0. The fourth-order valence-corrected chi connectivity index (χ4v) is 10.4. The number of nitrogens with two attached hydrogens (primary N) is 1. The predicted molar refractivity (Wildman–Crippen MR) is 196 cm³/mol. The van der Waals surface area contributed by atoms with Gasteiger partial charge in [0.05, 0.1) is 11.0 Å². The molecule has 3 saturated heterocycles. The van der Waals surface area contributed by atoms with Crippen molar-refractivity contribution in [3.8, 4) is 22.6 Å². The van der Waals surface area contributed by atoms with Gasteiger partial charge in [-0.3, -0.25) is 4.79 Å². The van der Waals surface area contributed by atoms with Crippen LogP contribution in [-0.4, -0.2) is 66.5 Å². The second kappa shape index (κ2) is 13.8. The Kier molecular flexibility index (Phi) is 9.27. The van der Waals surface area contributed by atoms with Crippen molar-refractivity contribution in [2.24, 2.45) is 5.73 Å². The topological polar surface area (TPSA) is 102 Å². The summed E-state index contributed by atoms with van der Waals surface area (Å²) in [6.07, 6.45) is 8.49. The zero-order chi connectivity index (χ0) is 34.4. The quantitative estimate of drug-likeness (QED) is 0.202. The molecule has 0 radical (unpaired) electrons. The van der Waals surface area contributed by atoms with Crippen molar-refractivity contribution < 1.29 is 22.7 Å². The van der Waals surface area contributed by atoms with Crippen LogP contribution in [0.3, 0.4) is 0 Å². The first-order chi connectivity index (χ1) is 24.2. The normalized spacial score (nSPS) is 26.0. The highest BCUT2D eigenvalue weighted by atomic mass is 35.5. The van der Waals surface area contributed by atoms with E-state index >= 15 is 0 Å². The number of fused-ring (bicyclic) bond motifs is 3. The number of halogens is 1. The maximum Gasteiger partial charge on any atom is 0.243 e. The first-order valence-corrected chi connectivity index (χ1v) is 19.9. The lowest BCUT2D eigenvalue weighted by atomic mass is 9.94. The van der Waals surface area contributed by atoms with E-state index in [2.05, 4.69) is 0 Å². The fraction of sp³-hybridized carbons (Fsp3) is 0.425. The number of nitrogens with zero attached hydrogens (tertiary/aromatic N) is 2. The highest BCUT2D eigenvalue weighted by Gasteiger charge is 2.49. The van der Waals surface area contributed by atoms with Gasteiger partial charge in [0.25, 0.3) is 0 Å². The van der Waals surface area contributed by atoms with Gasteiger partial charge in [0.2, 0.25) is 15.9 Å². The molecule has 4 atom stereocenters. The minimum atomic E-state index is -4.01. The molecule has 1 amide bonds. The monoisotopic (exact) mass is 713 g/mol. The van der Waals surface area contributed by atoms with Gasteiger partial charge in [0.15, 0.2) is 0 Å². The number of hydrogen-bond acceptors (Lipinski definition) is 6. The summed E-state index contributed by atoms with van der Waals surface area (Å²) in [5.41, 5.74) is 8.43. The van der Waals surface area contributed by atoms with E-state index in [1.807, 2.05) is 77.7 Å². The van der Waals surface area contributed by atoms with Gasteiger partial charge in [-0.2, -0.15) is 4.31 Å². The summed E-state index contributed by atoms with van der Waals surface area (Å²) in [5.74, 6) is 1.36. The van der Waals surface area contributed by atoms with Crippen molar-refractivity contribution in [3.05, 3.63) is 90.0 Å². The van der Waals surface area contributed by atoms with Gasteiger partial charge in [-0.1, -0.05) is 48.0 Å². The molecule has 4 aliphatic rings. The molecule has 2 unspecified atom stereocenters. The molecular formula is C40H44ClN3O5S. The SMILES string of the molecule is NC1CC2CCC(C1)N2C(=O)[C@@H]1C[C@H](Oc2ccc(-c3ccc(Cl)cc3)cc2)CCN1S(=O)(=O)c1ccc2cc(OC3CCCC3)ccc2c1. The molecule has 1 saturated carbocycles. The van der Waals surface area contributed by atoms with Crippen molar-refractivity contribution in [1.29, 1.82) is 0 Å². The average Bonchev–Trinajstić information content (AvgIpc) is 3.73. The number of amides is 1. The van der Waals surface area contributed by atoms with E-state index in [0.29, 0.717) is 17.2 Å². The molecule has 8 rings (SSSR count). The van der Waals surface area contributed by atoms with Crippen LogP contribution in [0.15, 0.2) is 89.8 Å². The van der Waals surface area contributed by atoms with Gasteiger partial charge in [-0.15, -0.1) is 0 Å². The molecular weight excluding hydrogens is 670 g/mol. The summed E-state index contributed by atoms with van der Waals surface area (Å²) < 4.78 is 43.0. The molecule has 0 spiro atoms. The zero-order valence-corrected chi connectivity index (χ0v) is 29.7. The lowest BCUT2D eigenvalue weighted by molar-refractivity contribution is -0.142. The number of hydrogen-bond donors (Lipinski definition) is 1. The number of carbonyl (C=O) groups is 1. The van der Waals surface area contributed by atoms with E-state index in [9.17, 15) is 13.2 Å². The molecule has 3 heterocycles. The molecule has 8 nitrogen and oxygen atoms in total. The molecule has 50 heavy (non-hydrogen) atoms. The standard InChI is InChI=1S/C40H44ClN3O5S/c41-30-11-5-26(6-12-30)27-7-15-35(16-8-27)49-37-19-20-43(39(25-37)40(45)44-32-13-14-33(44)24-31(42)23-32)50(46,47)38-18-10-28-21-36(17-9-29(28)22-38)48-34-3-1-2-4-34/h5-12,15-18,21-22,31-34,37,39H,1-4,13-14,19-20,23-25,42H2/t31?,32?,33?,37-,39+/m1/s1. The van der Waals surface area contributed by atoms with Crippen molar-refractivity contribution in [1.82, 2.24) is 9.21 Å². The van der Waals surface area contributed by atoms with Crippen LogP contribution in [-0.2, 0) is 14.8 Å². The van der Waals surface area contributed by atoms with Crippen LogP contribution in [0, 0.1) is 0 Å². The fourth-order valence-electron chi connectivity index (χ4n) is 8.61. The van der Waals surface area contributed by atoms with Crippen LogP contribution in [0.4, 0.5) is 0 Å². The van der Waals surface area contributed by atoms with E-state index in [4.69, 9.17) is 26.8 Å². The summed E-state index contributed by atoms with van der Waals surface area (Å²) in [7, 11) is -4.01. The largest absolute Gasteiger partial charge is 0.490 e. The maximum atomic E-state index is 14.5. The van der Waals surface area contributed by atoms with Gasteiger partial charge >= 0.3 is 0 Å². The Balaban J connectivity index is 1.04. The van der Waals surface area contributed by atoms with Crippen molar-refractivity contribution >= 4 is 38.3 Å². The van der Waals surface area contributed by atoms with Gasteiger partial charge < -0.3 is 20.1 Å². The predicted octanol–water partition coefficient (Wildman–Crippen LogP) is 7.56. The Morgan fingerprint density at radius 2 is 1.30 bits per heavy atom. The average molecular weight is 714 g/mol. The number of ether oxygens (including phenoxy) is 2. The lowest BCUT2D eigenvalue weighted by Crippen LogP contribution is -2.60. The smallest absolute Gasteiger partial charge is 0.243 e. The van der Waals surface area contributed by atoms with E-state index < -0.39 is 16.1 Å². The Morgan fingerprint density at radius 3 is 2.00 bits per heavy atom. The van der Waals surface area contributed by atoms with Crippen molar-refractivity contribution in [2.75, 3.05) is 6.54 Å². The van der Waals surface area contributed by atoms with E-state index in [1.165, 1.54) is 17.1 Å². The molecule has 10 heteroatoms. The number of piperidine rings is 2. The second-order valence-corrected chi connectivity index (χ2v) is 16.8. The van der Waals surface area contributed by atoms with Gasteiger partial charge in [-0.25, -0.2) is 8.42 Å². The Morgan fingerprint density at radius 1 is 0.700 bits per heavy atom. The van der Waals surface area contributed by atoms with Gasteiger partial charge in [0, 0.05) is 36.1 Å². The van der Waals surface area contributed by atoms with Crippen LogP contribution >= 0.6 is 11.6 Å². The summed E-state index contributed by atoms with van der Waals surface area (Å²) in [5, 5.41) is 2.42. The Bertz CT molecular complexity index is 1950. The highest BCUT2D eigenvalue weighted by molar-refractivity contribution is 7.89. The number of sulfonamides is 1. The lowest BCUT2D eigenvalue weighted by Gasteiger charge is -2.44. The molecule has 4 aromatic carbocycles. The maximum absolute atomic E-state index is 14.5. The van der Waals surface area contributed by atoms with E-state index in [1.54, 1.807) is 12.1 Å². The molecule has 2 bridgehead atoms. The van der Waals surface area contributed by atoms with Gasteiger partial charge in [0.1, 0.15) is 23.6 Å². The minimum absolute atomic E-state index is 0.0452. The Labute approximate surface area is 299 Å². The molecule has 0 aromatic heterocycles. The third-order valence-electron chi connectivity index (χ3n) is 11.1. The van der Waals surface area contributed by atoms with Crippen molar-refractivity contribution in [2.45, 2.75) is 105 Å². The van der Waals surface area contributed by atoms with E-state index in [-0.39, 0.29) is 54.1 Å². The van der Waals surface area contributed by atoms with Crippen LogP contribution in [0.2, 0.25) is 5.02 Å². The molecule has 3 aliphatic heterocycles. The molecule has 2 N–H and O–H groups in total. The minimum Gasteiger partial charge on any atom is -0.490 e. The third-order valence-corrected chi connectivity index (χ3v) is 13.3. The summed E-state index contributed by atoms with van der Waals surface area (Å²) >= 11 is 6.07. The van der Waals surface area contributed by atoms with Crippen LogP contribution in [0.25, 0.3) is 21.9 Å². The Hall–Kier alpha value is -3.63. The van der Waals surface area contributed by atoms with Crippen LogP contribution in [0.5, 0.6) is 11.5 Å². The van der Waals surface area contributed by atoms with Crippen molar-refractivity contribution in [3.63, 3.8) is 0 Å². The van der Waals surface area contributed by atoms with Gasteiger partial charge in [-0.05, 0) is 128 Å². The number of carbonyl (C=O) groups excluding carboxylic acids is 1. The molecule has 262 valence electrons. The van der Waals surface area contributed by atoms with Crippen LogP contribution < -0.4 is 15.2 Å². The summed E-state index contributed by atoms with van der Waals surface area (Å²) in [4.78, 5) is 16.7. The third kappa shape index (κ3) is 6.73. The number of benzene rings is 4. The summed E-state index contributed by atoms with van der Waals surface area (Å²) in [6, 6.07) is 25.9. The van der Waals surface area contributed by atoms with Crippen LogP contribution in [0.1, 0.15) is 64.2 Å². The zero-order valence-electron chi connectivity index (χ0n) is 28.1.